The molecule has 2 nitrogen and oxygen atoms in total. The molecule has 0 aliphatic rings. The van der Waals surface area contributed by atoms with Gasteiger partial charge in [0.15, 0.2) is 0 Å². The maximum Gasteiger partial charge on any atom is 0.0610 e. The van der Waals surface area contributed by atoms with Crippen LogP contribution in [0.3, 0.4) is 0 Å². The van der Waals surface area contributed by atoms with Gasteiger partial charge in [-0.15, -0.1) is 6.58 Å². The quantitative estimate of drug-likeness (QED) is 0.590. The lowest BCUT2D eigenvalue weighted by Crippen LogP contribution is -2.48. The van der Waals surface area contributed by atoms with E-state index >= 15 is 0 Å². The summed E-state index contributed by atoms with van der Waals surface area (Å²) >= 11 is 0. The van der Waals surface area contributed by atoms with E-state index in [1.807, 2.05) is 19.9 Å². The van der Waals surface area contributed by atoms with Gasteiger partial charge in [0.05, 0.1) is 6.61 Å². The number of rotatable bonds is 5. The third-order valence-corrected chi connectivity index (χ3v) is 2.06. The molecule has 2 unspecified atom stereocenters. The standard InChI is InChI=1S/C9H19NO/c1-5-8(3)10-9(4,6-2)7-11/h5,8,10-11H,1,6-7H2,2-4H3. The molecule has 66 valence electrons. The topological polar surface area (TPSA) is 32.3 Å². The molecular formula is C9H19NO. The lowest BCUT2D eigenvalue weighted by atomic mass is 9.99. The van der Waals surface area contributed by atoms with Crippen LogP contribution in [0, 0.1) is 0 Å². The van der Waals surface area contributed by atoms with Gasteiger partial charge in [-0.05, 0) is 20.3 Å². The highest BCUT2D eigenvalue weighted by Crippen LogP contribution is 2.08. The Morgan fingerprint density at radius 1 is 1.73 bits per heavy atom. The summed E-state index contributed by atoms with van der Waals surface area (Å²) < 4.78 is 0. The summed E-state index contributed by atoms with van der Waals surface area (Å²) in [4.78, 5) is 0. The molecule has 0 spiro atoms. The van der Waals surface area contributed by atoms with Gasteiger partial charge in [-0.3, -0.25) is 0 Å². The molecule has 11 heavy (non-hydrogen) atoms. The van der Waals surface area contributed by atoms with Crippen LogP contribution in [0.15, 0.2) is 12.7 Å². The Hall–Kier alpha value is -0.340. The van der Waals surface area contributed by atoms with Crippen LogP contribution in [-0.4, -0.2) is 23.3 Å². The zero-order valence-electron chi connectivity index (χ0n) is 7.72. The Balaban J connectivity index is 3.95. The first-order valence-corrected chi connectivity index (χ1v) is 4.09. The molecule has 0 aromatic carbocycles. The van der Waals surface area contributed by atoms with Crippen LogP contribution in [0.25, 0.3) is 0 Å². The second kappa shape index (κ2) is 4.52. The second-order valence-electron chi connectivity index (χ2n) is 3.24. The zero-order chi connectivity index (χ0) is 8.91. The fourth-order valence-electron chi connectivity index (χ4n) is 0.868. The van der Waals surface area contributed by atoms with E-state index in [9.17, 15) is 0 Å². The van der Waals surface area contributed by atoms with Crippen molar-refractivity contribution in [3.05, 3.63) is 12.7 Å². The van der Waals surface area contributed by atoms with Crippen LogP contribution < -0.4 is 5.32 Å². The Morgan fingerprint density at radius 2 is 2.27 bits per heavy atom. The lowest BCUT2D eigenvalue weighted by molar-refractivity contribution is 0.165. The molecule has 0 aliphatic carbocycles. The summed E-state index contributed by atoms with van der Waals surface area (Å²) in [5.74, 6) is 0. The molecule has 0 aromatic heterocycles. The molecule has 0 saturated heterocycles. The van der Waals surface area contributed by atoms with Gasteiger partial charge in [-0.2, -0.15) is 0 Å². The number of aliphatic hydroxyl groups is 1. The molecule has 0 radical (unpaired) electrons. The molecule has 0 saturated carbocycles. The van der Waals surface area contributed by atoms with Crippen LogP contribution >= 0.6 is 0 Å². The van der Waals surface area contributed by atoms with E-state index in [1.165, 1.54) is 0 Å². The minimum atomic E-state index is -0.159. The van der Waals surface area contributed by atoms with Crippen LogP contribution in [-0.2, 0) is 0 Å². The van der Waals surface area contributed by atoms with Crippen LogP contribution in [0.1, 0.15) is 27.2 Å². The number of hydrogen-bond acceptors (Lipinski definition) is 2. The van der Waals surface area contributed by atoms with Gasteiger partial charge >= 0.3 is 0 Å². The first-order chi connectivity index (χ1) is 5.08. The van der Waals surface area contributed by atoms with Crippen molar-refractivity contribution in [3.63, 3.8) is 0 Å². The fourth-order valence-corrected chi connectivity index (χ4v) is 0.868. The SMILES string of the molecule is C=CC(C)NC(C)(CC)CO. The predicted molar refractivity (Wildman–Crippen MR) is 48.6 cm³/mol. The second-order valence-corrected chi connectivity index (χ2v) is 3.24. The molecule has 2 atom stereocenters. The van der Waals surface area contributed by atoms with Gasteiger partial charge in [0.2, 0.25) is 0 Å². The first-order valence-electron chi connectivity index (χ1n) is 4.09. The largest absolute Gasteiger partial charge is 0.394 e. The summed E-state index contributed by atoms with van der Waals surface area (Å²) in [5, 5.41) is 12.3. The van der Waals surface area contributed by atoms with Gasteiger partial charge in [0.1, 0.15) is 0 Å². The van der Waals surface area contributed by atoms with E-state index in [2.05, 4.69) is 18.8 Å². The Kier molecular flexibility index (Phi) is 4.38. The summed E-state index contributed by atoms with van der Waals surface area (Å²) in [6.07, 6.45) is 2.76. The van der Waals surface area contributed by atoms with E-state index < -0.39 is 0 Å². The van der Waals surface area contributed by atoms with Crippen molar-refractivity contribution >= 4 is 0 Å². The number of nitrogens with one attached hydrogen (secondary N) is 1. The zero-order valence-corrected chi connectivity index (χ0v) is 7.72. The molecule has 0 heterocycles. The molecular weight excluding hydrogens is 138 g/mol. The van der Waals surface area contributed by atoms with Gasteiger partial charge in [-0.1, -0.05) is 13.0 Å². The summed E-state index contributed by atoms with van der Waals surface area (Å²) in [6.45, 7) is 9.92. The van der Waals surface area contributed by atoms with Crippen molar-refractivity contribution in [2.24, 2.45) is 0 Å². The maximum absolute atomic E-state index is 9.03. The van der Waals surface area contributed by atoms with Crippen LogP contribution in [0.4, 0.5) is 0 Å². The molecule has 2 heteroatoms. The van der Waals surface area contributed by atoms with E-state index in [1.54, 1.807) is 0 Å². The number of aliphatic hydroxyl groups excluding tert-OH is 1. The van der Waals surface area contributed by atoms with Crippen molar-refractivity contribution in [3.8, 4) is 0 Å². The minimum Gasteiger partial charge on any atom is -0.394 e. The van der Waals surface area contributed by atoms with Crippen molar-refractivity contribution < 1.29 is 5.11 Å². The monoisotopic (exact) mass is 157 g/mol. The Morgan fingerprint density at radius 3 is 2.55 bits per heavy atom. The van der Waals surface area contributed by atoms with E-state index in [0.717, 1.165) is 6.42 Å². The van der Waals surface area contributed by atoms with Crippen LogP contribution in [0.2, 0.25) is 0 Å². The van der Waals surface area contributed by atoms with E-state index in [4.69, 9.17) is 5.11 Å². The average Bonchev–Trinajstić information content (AvgIpc) is 2.04. The van der Waals surface area contributed by atoms with Crippen molar-refractivity contribution in [1.29, 1.82) is 0 Å². The summed E-state index contributed by atoms with van der Waals surface area (Å²) in [5.41, 5.74) is -0.159. The molecule has 0 aliphatic heterocycles. The fraction of sp³-hybridized carbons (Fsp3) is 0.778. The van der Waals surface area contributed by atoms with Crippen LogP contribution in [0.5, 0.6) is 0 Å². The highest BCUT2D eigenvalue weighted by Gasteiger charge is 2.20. The third kappa shape index (κ3) is 3.54. The average molecular weight is 157 g/mol. The maximum atomic E-state index is 9.03. The lowest BCUT2D eigenvalue weighted by Gasteiger charge is -2.29. The van der Waals surface area contributed by atoms with Gasteiger partial charge in [-0.25, -0.2) is 0 Å². The molecule has 0 amide bonds. The molecule has 0 rings (SSSR count). The summed E-state index contributed by atoms with van der Waals surface area (Å²) in [7, 11) is 0. The molecule has 0 aromatic rings. The van der Waals surface area contributed by atoms with Gasteiger partial charge in [0, 0.05) is 11.6 Å². The minimum absolute atomic E-state index is 0.159. The van der Waals surface area contributed by atoms with E-state index in [-0.39, 0.29) is 18.2 Å². The highest BCUT2D eigenvalue weighted by atomic mass is 16.3. The number of hydrogen-bond donors (Lipinski definition) is 2. The smallest absolute Gasteiger partial charge is 0.0610 e. The van der Waals surface area contributed by atoms with E-state index in [0.29, 0.717) is 0 Å². The van der Waals surface area contributed by atoms with Crippen molar-refractivity contribution in [2.75, 3.05) is 6.61 Å². The third-order valence-electron chi connectivity index (χ3n) is 2.06. The Bertz CT molecular complexity index is 119. The van der Waals surface area contributed by atoms with Gasteiger partial charge < -0.3 is 10.4 Å². The predicted octanol–water partition coefficient (Wildman–Crippen LogP) is 1.31. The normalized spacial score (nSPS) is 18.9. The molecule has 2 N–H and O–H groups in total. The highest BCUT2D eigenvalue weighted by molar-refractivity contribution is 4.90. The Labute approximate surface area is 69.3 Å². The first kappa shape index (κ1) is 10.7. The molecule has 0 bridgehead atoms. The molecule has 0 fully saturated rings. The van der Waals surface area contributed by atoms with Crippen molar-refractivity contribution in [2.45, 2.75) is 38.8 Å². The van der Waals surface area contributed by atoms with Gasteiger partial charge in [0.25, 0.3) is 0 Å². The van der Waals surface area contributed by atoms with Crippen molar-refractivity contribution in [1.82, 2.24) is 5.32 Å². The summed E-state index contributed by atoms with van der Waals surface area (Å²) in [6, 6.07) is 0.257.